The lowest BCUT2D eigenvalue weighted by atomic mass is 10.0. The van der Waals surface area contributed by atoms with Crippen molar-refractivity contribution in [3.05, 3.63) is 35.9 Å². The van der Waals surface area contributed by atoms with Crippen molar-refractivity contribution in [3.63, 3.8) is 0 Å². The van der Waals surface area contributed by atoms with E-state index in [0.717, 1.165) is 12.8 Å². The first-order chi connectivity index (χ1) is 13.7. The summed E-state index contributed by atoms with van der Waals surface area (Å²) in [5, 5.41) is 0. The number of carbonyl (C=O) groups excluding carboxylic acids is 2. The monoisotopic (exact) mass is 388 g/mol. The Hall–Kier alpha value is -1.64. The molecule has 0 aromatic heterocycles. The molecule has 0 aliphatic heterocycles. The van der Waals surface area contributed by atoms with Gasteiger partial charge in [0.1, 0.15) is 0 Å². The van der Waals surface area contributed by atoms with E-state index in [1.165, 1.54) is 70.6 Å². The molecule has 158 valence electrons. The van der Waals surface area contributed by atoms with Crippen LogP contribution < -0.4 is 0 Å². The van der Waals surface area contributed by atoms with Crippen LogP contribution in [0.5, 0.6) is 0 Å². The van der Waals surface area contributed by atoms with Crippen LogP contribution in [0.3, 0.4) is 0 Å². The Morgan fingerprint density at radius 3 is 1.71 bits per heavy atom. The second-order valence-electron chi connectivity index (χ2n) is 7.75. The molecule has 0 aliphatic rings. The predicted molar refractivity (Wildman–Crippen MR) is 117 cm³/mol. The number of benzene rings is 1. The minimum absolute atomic E-state index is 0.00138. The number of esters is 1. The zero-order chi connectivity index (χ0) is 20.3. The van der Waals surface area contributed by atoms with Gasteiger partial charge in [-0.2, -0.15) is 0 Å². The Kier molecular flexibility index (Phi) is 15.2. The van der Waals surface area contributed by atoms with Crippen molar-refractivity contribution < 1.29 is 14.3 Å². The van der Waals surface area contributed by atoms with Gasteiger partial charge in [0.05, 0.1) is 13.0 Å². The number of carbonyl (C=O) groups is 2. The van der Waals surface area contributed by atoms with E-state index < -0.39 is 0 Å². The summed E-state index contributed by atoms with van der Waals surface area (Å²) in [5.41, 5.74) is 0.659. The Bertz CT molecular complexity index is 510. The first-order valence-corrected chi connectivity index (χ1v) is 11.5. The Balaban J connectivity index is 1.84. The molecule has 3 heteroatoms. The molecule has 0 bridgehead atoms. The number of Topliss-reactive ketones (excluding diaryl/α,β-unsaturated/α-hetero) is 1. The molecule has 0 radical (unpaired) electrons. The SMILES string of the molecule is CCCCCCCCCCCCCCCOC(=O)CCC(=O)c1ccccc1. The molecule has 0 saturated heterocycles. The lowest BCUT2D eigenvalue weighted by Crippen LogP contribution is -2.09. The standard InChI is InChI=1S/C25H40O3/c1-2-3-4-5-6-7-8-9-10-11-12-13-17-22-28-25(27)21-20-24(26)23-18-15-14-16-19-23/h14-16,18-19H,2-13,17,20-22H2,1H3. The van der Waals surface area contributed by atoms with E-state index in [2.05, 4.69) is 6.92 Å². The van der Waals surface area contributed by atoms with E-state index in [9.17, 15) is 9.59 Å². The zero-order valence-corrected chi connectivity index (χ0v) is 17.9. The van der Waals surface area contributed by atoms with Crippen molar-refractivity contribution in [2.45, 2.75) is 103 Å². The highest BCUT2D eigenvalue weighted by Gasteiger charge is 2.09. The average molecular weight is 389 g/mol. The van der Waals surface area contributed by atoms with Crippen molar-refractivity contribution in [2.75, 3.05) is 6.61 Å². The Morgan fingerprint density at radius 1 is 0.679 bits per heavy atom. The van der Waals surface area contributed by atoms with Gasteiger partial charge in [-0.3, -0.25) is 9.59 Å². The van der Waals surface area contributed by atoms with Crippen LogP contribution in [-0.2, 0) is 9.53 Å². The summed E-state index contributed by atoms with van der Waals surface area (Å²) in [7, 11) is 0. The molecule has 0 spiro atoms. The molecule has 3 nitrogen and oxygen atoms in total. The molecule has 0 atom stereocenters. The number of ketones is 1. The van der Waals surface area contributed by atoms with E-state index in [-0.39, 0.29) is 24.6 Å². The summed E-state index contributed by atoms with van der Waals surface area (Å²) in [6, 6.07) is 9.10. The maximum Gasteiger partial charge on any atom is 0.306 e. The van der Waals surface area contributed by atoms with Gasteiger partial charge in [0.25, 0.3) is 0 Å². The smallest absolute Gasteiger partial charge is 0.306 e. The third-order valence-corrected chi connectivity index (χ3v) is 5.16. The average Bonchev–Trinajstić information content (AvgIpc) is 2.73. The summed E-state index contributed by atoms with van der Waals surface area (Å²) in [4.78, 5) is 23.7. The van der Waals surface area contributed by atoms with Crippen molar-refractivity contribution in [3.8, 4) is 0 Å². The van der Waals surface area contributed by atoms with Gasteiger partial charge in [-0.05, 0) is 6.42 Å². The van der Waals surface area contributed by atoms with E-state index in [1.54, 1.807) is 12.1 Å². The summed E-state index contributed by atoms with van der Waals surface area (Å²) >= 11 is 0. The topological polar surface area (TPSA) is 43.4 Å². The fourth-order valence-corrected chi connectivity index (χ4v) is 3.36. The number of unbranched alkanes of at least 4 members (excludes halogenated alkanes) is 12. The van der Waals surface area contributed by atoms with E-state index in [4.69, 9.17) is 4.74 Å². The largest absolute Gasteiger partial charge is 0.466 e. The zero-order valence-electron chi connectivity index (χ0n) is 17.9. The highest BCUT2D eigenvalue weighted by Crippen LogP contribution is 2.12. The van der Waals surface area contributed by atoms with E-state index in [1.807, 2.05) is 18.2 Å². The maximum absolute atomic E-state index is 11.9. The molecule has 1 aromatic carbocycles. The van der Waals surface area contributed by atoms with Crippen molar-refractivity contribution >= 4 is 11.8 Å². The number of ether oxygens (including phenoxy) is 1. The highest BCUT2D eigenvalue weighted by atomic mass is 16.5. The lowest BCUT2D eigenvalue weighted by molar-refractivity contribution is -0.143. The van der Waals surface area contributed by atoms with Gasteiger partial charge < -0.3 is 4.74 Å². The van der Waals surface area contributed by atoms with Crippen LogP contribution in [0.2, 0.25) is 0 Å². The molecular formula is C25H40O3. The molecule has 1 rings (SSSR count). The van der Waals surface area contributed by atoms with Crippen LogP contribution in [0, 0.1) is 0 Å². The van der Waals surface area contributed by atoms with Gasteiger partial charge in [-0.15, -0.1) is 0 Å². The fraction of sp³-hybridized carbons (Fsp3) is 0.680. The molecule has 0 saturated carbocycles. The quantitative estimate of drug-likeness (QED) is 0.151. The van der Waals surface area contributed by atoms with Crippen LogP contribution in [-0.4, -0.2) is 18.4 Å². The molecule has 0 amide bonds. The van der Waals surface area contributed by atoms with Crippen molar-refractivity contribution in [2.24, 2.45) is 0 Å². The van der Waals surface area contributed by atoms with Gasteiger partial charge in [0, 0.05) is 12.0 Å². The number of rotatable bonds is 18. The summed E-state index contributed by atoms with van der Waals surface area (Å²) < 4.78 is 5.24. The van der Waals surface area contributed by atoms with Crippen molar-refractivity contribution in [1.29, 1.82) is 0 Å². The van der Waals surface area contributed by atoms with Crippen molar-refractivity contribution in [1.82, 2.24) is 0 Å². The van der Waals surface area contributed by atoms with Crippen LogP contribution in [0.15, 0.2) is 30.3 Å². The molecule has 28 heavy (non-hydrogen) atoms. The molecule has 0 aliphatic carbocycles. The van der Waals surface area contributed by atoms with E-state index in [0.29, 0.717) is 12.2 Å². The number of hydrogen-bond donors (Lipinski definition) is 0. The second kappa shape index (κ2) is 17.5. The molecular weight excluding hydrogens is 348 g/mol. The van der Waals surface area contributed by atoms with Crippen LogP contribution in [0.1, 0.15) is 114 Å². The van der Waals surface area contributed by atoms with Gasteiger partial charge in [0.15, 0.2) is 5.78 Å². The lowest BCUT2D eigenvalue weighted by Gasteiger charge is -2.05. The summed E-state index contributed by atoms with van der Waals surface area (Å²) in [6.07, 6.45) is 17.4. The van der Waals surface area contributed by atoms with Gasteiger partial charge >= 0.3 is 5.97 Å². The van der Waals surface area contributed by atoms with Gasteiger partial charge in [-0.25, -0.2) is 0 Å². The molecule has 1 aromatic rings. The van der Waals surface area contributed by atoms with Gasteiger partial charge in [-0.1, -0.05) is 114 Å². The predicted octanol–water partition coefficient (Wildman–Crippen LogP) is 7.28. The van der Waals surface area contributed by atoms with Crippen LogP contribution in [0.4, 0.5) is 0 Å². The molecule has 0 unspecified atom stereocenters. The third-order valence-electron chi connectivity index (χ3n) is 5.16. The third kappa shape index (κ3) is 13.5. The van der Waals surface area contributed by atoms with Gasteiger partial charge in [0.2, 0.25) is 0 Å². The summed E-state index contributed by atoms with van der Waals surface area (Å²) in [6.45, 7) is 2.75. The molecule has 0 fully saturated rings. The highest BCUT2D eigenvalue weighted by molar-refractivity contribution is 5.97. The Morgan fingerprint density at radius 2 is 1.18 bits per heavy atom. The van der Waals surface area contributed by atoms with E-state index >= 15 is 0 Å². The van der Waals surface area contributed by atoms with Crippen LogP contribution >= 0.6 is 0 Å². The Labute approximate surface area is 172 Å². The normalized spacial score (nSPS) is 10.8. The fourth-order valence-electron chi connectivity index (χ4n) is 3.36. The first-order valence-electron chi connectivity index (χ1n) is 11.5. The molecule has 0 N–H and O–H groups in total. The number of hydrogen-bond acceptors (Lipinski definition) is 3. The minimum atomic E-state index is -0.261. The second-order valence-corrected chi connectivity index (χ2v) is 7.75. The molecule has 0 heterocycles. The summed E-state index contributed by atoms with van der Waals surface area (Å²) in [5.74, 6) is -0.262. The minimum Gasteiger partial charge on any atom is -0.466 e. The van der Waals surface area contributed by atoms with Crippen LogP contribution in [0.25, 0.3) is 0 Å². The maximum atomic E-state index is 11.9. The first kappa shape index (κ1) is 24.4.